The molecule has 1 aliphatic carbocycles. The highest BCUT2D eigenvalue weighted by atomic mass is 32.1. The van der Waals surface area contributed by atoms with Crippen LogP contribution < -0.4 is 14.9 Å². The predicted molar refractivity (Wildman–Crippen MR) is 121 cm³/mol. The summed E-state index contributed by atoms with van der Waals surface area (Å²) in [7, 11) is 0. The number of phenols is 3. The van der Waals surface area contributed by atoms with Crippen molar-refractivity contribution in [2.24, 2.45) is 5.92 Å². The molecule has 164 valence electrons. The lowest BCUT2D eigenvalue weighted by Crippen LogP contribution is -2.36. The molecule has 0 spiro atoms. The van der Waals surface area contributed by atoms with E-state index >= 15 is 0 Å². The second-order valence-electron chi connectivity index (χ2n) is 8.64. The lowest BCUT2D eigenvalue weighted by Gasteiger charge is -2.40. The quantitative estimate of drug-likeness (QED) is 0.377. The van der Waals surface area contributed by atoms with E-state index in [1.807, 2.05) is 13.8 Å². The molecule has 8 heteroatoms. The number of phenolic OH excluding ortho intramolecular Hbond substituents is 3. The zero-order chi connectivity index (χ0) is 22.5. The summed E-state index contributed by atoms with van der Waals surface area (Å²) >= 11 is 4.27. The van der Waals surface area contributed by atoms with Gasteiger partial charge in [-0.1, -0.05) is 6.92 Å². The smallest absolute Gasteiger partial charge is 0.200 e. The number of ether oxygens (including phenoxy) is 2. The van der Waals surface area contributed by atoms with Crippen LogP contribution in [0.2, 0.25) is 0 Å². The van der Waals surface area contributed by atoms with Crippen LogP contribution in [0.4, 0.5) is 0 Å². The standard InChI is InChI=1S/C24H20O7S/c1-8-9(2)29-24-15(27)6-13(25)19-18(24)11(8)5-12-21(28)20-14(26)7-16-10(3-4-17(32)30-16)22(20)31-23(12)19/h3-4,6-9,11,17,25-27,32H,5H2,1-2H3. The second-order valence-corrected chi connectivity index (χ2v) is 9.15. The van der Waals surface area contributed by atoms with Gasteiger partial charge in [0, 0.05) is 29.2 Å². The fraction of sp³-hybridized carbons (Fsp3) is 0.292. The first-order chi connectivity index (χ1) is 15.3. The van der Waals surface area contributed by atoms with Crippen molar-refractivity contribution in [3.8, 4) is 40.1 Å². The van der Waals surface area contributed by atoms with Gasteiger partial charge in [0.25, 0.3) is 0 Å². The van der Waals surface area contributed by atoms with E-state index in [1.165, 1.54) is 12.1 Å². The van der Waals surface area contributed by atoms with Gasteiger partial charge in [-0.2, -0.15) is 0 Å². The fourth-order valence-corrected chi connectivity index (χ4v) is 5.33. The van der Waals surface area contributed by atoms with Crippen LogP contribution in [-0.2, 0) is 6.42 Å². The summed E-state index contributed by atoms with van der Waals surface area (Å²) in [5.41, 5.74) is 1.19. The Labute approximate surface area is 187 Å². The molecule has 2 aromatic carbocycles. The van der Waals surface area contributed by atoms with Crippen LogP contribution >= 0.6 is 12.6 Å². The highest BCUT2D eigenvalue weighted by Crippen LogP contribution is 2.57. The molecular formula is C24H20O7S. The van der Waals surface area contributed by atoms with Crippen molar-refractivity contribution >= 4 is 29.7 Å². The van der Waals surface area contributed by atoms with Crippen LogP contribution in [-0.4, -0.2) is 26.9 Å². The molecular weight excluding hydrogens is 432 g/mol. The third-order valence-corrected chi connectivity index (χ3v) is 7.17. The second kappa shape index (κ2) is 6.38. The van der Waals surface area contributed by atoms with Crippen LogP contribution in [0.1, 0.15) is 36.5 Å². The summed E-state index contributed by atoms with van der Waals surface area (Å²) in [6.07, 6.45) is 3.58. The van der Waals surface area contributed by atoms with Gasteiger partial charge >= 0.3 is 0 Å². The molecule has 4 unspecified atom stereocenters. The van der Waals surface area contributed by atoms with Gasteiger partial charge in [0.05, 0.1) is 17.2 Å². The maximum Gasteiger partial charge on any atom is 0.200 e. The summed E-state index contributed by atoms with van der Waals surface area (Å²) in [5.74, 6) is 0.138. The average molecular weight is 452 g/mol. The SMILES string of the molecule is CC1Oc2c(O)cc(O)c3c2C(Cc2c-3oc3c4c(cc(O)c3c2=O)OC(S)C=C4)C1C. The maximum absolute atomic E-state index is 13.6. The monoisotopic (exact) mass is 452 g/mol. The number of fused-ring (bicyclic) bond motifs is 5. The molecule has 3 heterocycles. The van der Waals surface area contributed by atoms with Gasteiger partial charge in [-0.3, -0.25) is 4.79 Å². The molecule has 0 bridgehead atoms. The lowest BCUT2D eigenvalue weighted by atomic mass is 9.71. The molecule has 0 saturated carbocycles. The normalized spacial score (nSPS) is 24.8. The summed E-state index contributed by atoms with van der Waals surface area (Å²) in [6, 6.07) is 2.61. The molecule has 4 atom stereocenters. The van der Waals surface area contributed by atoms with E-state index in [2.05, 4.69) is 12.6 Å². The zero-order valence-corrected chi connectivity index (χ0v) is 18.1. The molecule has 0 fully saturated rings. The van der Waals surface area contributed by atoms with E-state index < -0.39 is 5.44 Å². The summed E-state index contributed by atoms with van der Waals surface area (Å²) in [5, 5.41) is 32.0. The van der Waals surface area contributed by atoms with Gasteiger partial charge in [0.2, 0.25) is 0 Å². The molecule has 0 saturated heterocycles. The summed E-state index contributed by atoms with van der Waals surface area (Å²) in [4.78, 5) is 13.6. The van der Waals surface area contributed by atoms with Gasteiger partial charge < -0.3 is 29.2 Å². The molecule has 0 amide bonds. The number of hydrogen-bond donors (Lipinski definition) is 4. The molecule has 3 aliphatic rings. The minimum Gasteiger partial charge on any atom is -0.507 e. The van der Waals surface area contributed by atoms with Crippen molar-refractivity contribution in [1.82, 2.24) is 0 Å². The Morgan fingerprint density at radius 3 is 2.62 bits per heavy atom. The fourth-order valence-electron chi connectivity index (χ4n) is 5.13. The van der Waals surface area contributed by atoms with E-state index in [1.54, 1.807) is 12.2 Å². The van der Waals surface area contributed by atoms with Crippen LogP contribution in [0, 0.1) is 5.92 Å². The van der Waals surface area contributed by atoms with E-state index in [0.29, 0.717) is 40.2 Å². The van der Waals surface area contributed by atoms with E-state index in [0.717, 1.165) is 0 Å². The van der Waals surface area contributed by atoms with Gasteiger partial charge in [-0.05, 0) is 31.4 Å². The number of hydrogen-bond acceptors (Lipinski definition) is 8. The minimum absolute atomic E-state index is 0.0199. The number of aromatic hydroxyl groups is 3. The van der Waals surface area contributed by atoms with Crippen molar-refractivity contribution in [2.75, 3.05) is 0 Å². The Kier molecular flexibility index (Phi) is 3.88. The Morgan fingerprint density at radius 2 is 1.84 bits per heavy atom. The largest absolute Gasteiger partial charge is 0.507 e. The topological polar surface area (TPSA) is 109 Å². The highest BCUT2D eigenvalue weighted by Gasteiger charge is 2.43. The van der Waals surface area contributed by atoms with E-state index in [-0.39, 0.29) is 57.3 Å². The van der Waals surface area contributed by atoms with E-state index in [4.69, 9.17) is 13.9 Å². The third kappa shape index (κ3) is 2.41. The van der Waals surface area contributed by atoms with Crippen molar-refractivity contribution in [3.63, 3.8) is 0 Å². The first-order valence-electron chi connectivity index (χ1n) is 10.4. The van der Waals surface area contributed by atoms with Crippen LogP contribution in [0.25, 0.3) is 28.4 Å². The average Bonchev–Trinajstić information content (AvgIpc) is 2.74. The molecule has 7 nitrogen and oxygen atoms in total. The van der Waals surface area contributed by atoms with Crippen molar-refractivity contribution in [2.45, 2.75) is 37.7 Å². The van der Waals surface area contributed by atoms with Crippen LogP contribution in [0.15, 0.2) is 27.4 Å². The molecule has 32 heavy (non-hydrogen) atoms. The lowest BCUT2D eigenvalue weighted by molar-refractivity contribution is 0.111. The Hall–Kier alpha value is -3.26. The van der Waals surface area contributed by atoms with Gasteiger partial charge in [-0.25, -0.2) is 0 Å². The number of thiol groups is 1. The first kappa shape index (κ1) is 19.4. The van der Waals surface area contributed by atoms with Gasteiger partial charge in [0.15, 0.2) is 27.9 Å². The molecule has 6 rings (SSSR count). The Bertz CT molecular complexity index is 1420. The number of benzene rings is 2. The molecule has 2 aliphatic heterocycles. The maximum atomic E-state index is 13.6. The summed E-state index contributed by atoms with van der Waals surface area (Å²) in [6.45, 7) is 3.93. The third-order valence-electron chi connectivity index (χ3n) is 6.89. The first-order valence-corrected chi connectivity index (χ1v) is 10.9. The van der Waals surface area contributed by atoms with Crippen LogP contribution in [0.3, 0.4) is 0 Å². The van der Waals surface area contributed by atoms with Crippen LogP contribution in [0.5, 0.6) is 28.7 Å². The highest BCUT2D eigenvalue weighted by molar-refractivity contribution is 7.81. The molecule has 3 aromatic rings. The van der Waals surface area contributed by atoms with Crippen molar-refractivity contribution in [1.29, 1.82) is 0 Å². The van der Waals surface area contributed by atoms with Gasteiger partial charge in [-0.15, -0.1) is 12.6 Å². The minimum atomic E-state index is -0.488. The number of rotatable bonds is 0. The van der Waals surface area contributed by atoms with E-state index in [9.17, 15) is 20.1 Å². The Morgan fingerprint density at radius 1 is 1.06 bits per heavy atom. The predicted octanol–water partition coefficient (Wildman–Crippen LogP) is 4.30. The van der Waals surface area contributed by atoms with Crippen molar-refractivity contribution in [3.05, 3.63) is 45.1 Å². The van der Waals surface area contributed by atoms with Gasteiger partial charge in [0.1, 0.15) is 28.4 Å². The zero-order valence-electron chi connectivity index (χ0n) is 17.2. The molecule has 3 N–H and O–H groups in total. The Balaban J connectivity index is 1.74. The summed E-state index contributed by atoms with van der Waals surface area (Å²) < 4.78 is 17.9. The van der Waals surface area contributed by atoms with Crippen molar-refractivity contribution < 1.29 is 29.2 Å². The molecule has 1 aromatic heterocycles. The molecule has 0 radical (unpaired) electrons.